The van der Waals surface area contributed by atoms with Crippen LogP contribution in [0.1, 0.15) is 59.3 Å². The Morgan fingerprint density at radius 3 is 2.63 bits per heavy atom. The van der Waals surface area contributed by atoms with Crippen molar-refractivity contribution >= 4 is 5.97 Å². The van der Waals surface area contributed by atoms with Crippen LogP contribution in [0.2, 0.25) is 0 Å². The van der Waals surface area contributed by atoms with E-state index >= 15 is 0 Å². The Hall–Kier alpha value is -1.01. The molecule has 1 saturated heterocycles. The summed E-state index contributed by atoms with van der Waals surface area (Å²) in [6.07, 6.45) is 6.32. The van der Waals surface area contributed by atoms with Crippen molar-refractivity contribution in [3.8, 4) is 11.8 Å². The molecule has 0 unspecified atom stereocenters. The van der Waals surface area contributed by atoms with E-state index in [1.54, 1.807) is 0 Å². The minimum Gasteiger partial charge on any atom is -0.450 e. The monoisotopic (exact) mass is 265 g/mol. The van der Waals surface area contributed by atoms with Crippen LogP contribution in [-0.4, -0.2) is 24.7 Å². The smallest absolute Gasteiger partial charge is 0.384 e. The van der Waals surface area contributed by atoms with Crippen molar-refractivity contribution < 1.29 is 9.53 Å². The van der Waals surface area contributed by atoms with Gasteiger partial charge in [0.15, 0.2) is 0 Å². The first kappa shape index (κ1) is 16.0. The van der Waals surface area contributed by atoms with Gasteiger partial charge in [-0.05, 0) is 46.2 Å². The SMILES string of the molecule is CCCCCC#CC(=O)OC(C)(C)C1CCNCC1. The molecule has 19 heavy (non-hydrogen) atoms. The van der Waals surface area contributed by atoms with Crippen LogP contribution >= 0.6 is 0 Å². The van der Waals surface area contributed by atoms with Gasteiger partial charge in [0, 0.05) is 18.3 Å². The van der Waals surface area contributed by atoms with Crippen LogP contribution in [0.5, 0.6) is 0 Å². The van der Waals surface area contributed by atoms with Crippen LogP contribution in [0, 0.1) is 17.8 Å². The summed E-state index contributed by atoms with van der Waals surface area (Å²) in [6, 6.07) is 0. The highest BCUT2D eigenvalue weighted by Crippen LogP contribution is 2.28. The third kappa shape index (κ3) is 6.11. The third-order valence-corrected chi connectivity index (χ3v) is 3.77. The number of esters is 1. The standard InChI is InChI=1S/C16H27NO2/c1-4-5-6-7-8-9-15(18)19-16(2,3)14-10-12-17-13-11-14/h14,17H,4-7,10-13H2,1-3H3. The van der Waals surface area contributed by atoms with E-state index in [1.807, 2.05) is 13.8 Å². The Morgan fingerprint density at radius 1 is 1.32 bits per heavy atom. The number of hydrogen-bond donors (Lipinski definition) is 1. The van der Waals surface area contributed by atoms with Gasteiger partial charge in [0.2, 0.25) is 0 Å². The summed E-state index contributed by atoms with van der Waals surface area (Å²) in [4.78, 5) is 11.7. The average molecular weight is 265 g/mol. The summed E-state index contributed by atoms with van der Waals surface area (Å²) in [5.74, 6) is 5.57. The van der Waals surface area contributed by atoms with Crippen LogP contribution < -0.4 is 5.32 Å². The van der Waals surface area contributed by atoms with Gasteiger partial charge in [-0.15, -0.1) is 0 Å². The molecule has 1 aliphatic rings. The summed E-state index contributed by atoms with van der Waals surface area (Å²) < 4.78 is 5.54. The number of ether oxygens (including phenoxy) is 1. The van der Waals surface area contributed by atoms with Gasteiger partial charge in [0.25, 0.3) is 0 Å². The number of carbonyl (C=O) groups excluding carboxylic acids is 1. The lowest BCUT2D eigenvalue weighted by molar-refractivity contribution is -0.155. The minimum atomic E-state index is -0.405. The van der Waals surface area contributed by atoms with E-state index in [1.165, 1.54) is 12.8 Å². The molecule has 1 heterocycles. The number of hydrogen-bond acceptors (Lipinski definition) is 3. The van der Waals surface area contributed by atoms with Crippen LogP contribution in [0.25, 0.3) is 0 Å². The number of rotatable bonds is 5. The fourth-order valence-electron chi connectivity index (χ4n) is 2.46. The van der Waals surface area contributed by atoms with E-state index in [9.17, 15) is 4.79 Å². The highest BCUT2D eigenvalue weighted by atomic mass is 16.6. The predicted molar refractivity (Wildman–Crippen MR) is 77.7 cm³/mol. The Morgan fingerprint density at radius 2 is 2.00 bits per heavy atom. The maximum atomic E-state index is 11.7. The molecule has 0 aliphatic carbocycles. The molecule has 0 aromatic heterocycles. The summed E-state index contributed by atoms with van der Waals surface area (Å²) in [5, 5.41) is 3.33. The van der Waals surface area contributed by atoms with E-state index in [4.69, 9.17) is 4.74 Å². The highest BCUT2D eigenvalue weighted by molar-refractivity contribution is 5.88. The number of carbonyl (C=O) groups is 1. The zero-order chi connectivity index (χ0) is 14.1. The Balaban J connectivity index is 2.36. The normalized spacial score (nSPS) is 16.6. The second kappa shape index (κ2) is 8.22. The van der Waals surface area contributed by atoms with Gasteiger partial charge in [-0.1, -0.05) is 25.7 Å². The zero-order valence-electron chi connectivity index (χ0n) is 12.6. The summed E-state index contributed by atoms with van der Waals surface area (Å²) in [6.45, 7) is 8.17. The Labute approximate surface area is 117 Å². The van der Waals surface area contributed by atoms with E-state index < -0.39 is 5.60 Å². The first-order valence-electron chi connectivity index (χ1n) is 7.49. The van der Waals surface area contributed by atoms with Crippen LogP contribution in [0.15, 0.2) is 0 Å². The fourth-order valence-corrected chi connectivity index (χ4v) is 2.46. The molecule has 0 bridgehead atoms. The van der Waals surface area contributed by atoms with Crippen molar-refractivity contribution in [1.82, 2.24) is 5.32 Å². The lowest BCUT2D eigenvalue weighted by atomic mass is 9.83. The second-order valence-electron chi connectivity index (χ2n) is 5.78. The van der Waals surface area contributed by atoms with E-state index in [2.05, 4.69) is 24.1 Å². The lowest BCUT2D eigenvalue weighted by Crippen LogP contribution is -2.42. The van der Waals surface area contributed by atoms with Gasteiger partial charge in [-0.3, -0.25) is 0 Å². The zero-order valence-corrected chi connectivity index (χ0v) is 12.6. The van der Waals surface area contributed by atoms with E-state index in [-0.39, 0.29) is 5.97 Å². The van der Waals surface area contributed by atoms with Crippen molar-refractivity contribution in [2.75, 3.05) is 13.1 Å². The summed E-state index contributed by atoms with van der Waals surface area (Å²) in [5.41, 5.74) is -0.405. The molecule has 0 aromatic carbocycles. The maximum absolute atomic E-state index is 11.7. The van der Waals surface area contributed by atoms with Crippen LogP contribution in [-0.2, 0) is 9.53 Å². The minimum absolute atomic E-state index is 0.375. The molecule has 0 atom stereocenters. The molecule has 108 valence electrons. The molecule has 0 radical (unpaired) electrons. The summed E-state index contributed by atoms with van der Waals surface area (Å²) in [7, 11) is 0. The molecule has 3 nitrogen and oxygen atoms in total. The largest absolute Gasteiger partial charge is 0.450 e. The number of unbranched alkanes of at least 4 members (excludes halogenated alkanes) is 3. The van der Waals surface area contributed by atoms with E-state index in [0.717, 1.165) is 38.8 Å². The van der Waals surface area contributed by atoms with Crippen molar-refractivity contribution in [3.63, 3.8) is 0 Å². The molecule has 0 spiro atoms. The predicted octanol–water partition coefficient (Wildman–Crippen LogP) is 2.89. The van der Waals surface area contributed by atoms with Crippen molar-refractivity contribution in [3.05, 3.63) is 0 Å². The van der Waals surface area contributed by atoms with Crippen LogP contribution in [0.4, 0.5) is 0 Å². The van der Waals surface area contributed by atoms with Crippen LogP contribution in [0.3, 0.4) is 0 Å². The van der Waals surface area contributed by atoms with Gasteiger partial charge in [-0.2, -0.15) is 0 Å². The molecule has 0 saturated carbocycles. The lowest BCUT2D eigenvalue weighted by Gasteiger charge is -2.36. The third-order valence-electron chi connectivity index (χ3n) is 3.77. The topological polar surface area (TPSA) is 38.3 Å². The van der Waals surface area contributed by atoms with Crippen molar-refractivity contribution in [2.24, 2.45) is 5.92 Å². The Bertz CT molecular complexity index is 332. The molecule has 1 rings (SSSR count). The molecule has 1 fully saturated rings. The molecule has 0 aromatic rings. The molecule has 3 heteroatoms. The second-order valence-corrected chi connectivity index (χ2v) is 5.78. The van der Waals surface area contributed by atoms with Gasteiger partial charge in [-0.25, -0.2) is 4.79 Å². The fraction of sp³-hybridized carbons (Fsp3) is 0.812. The number of nitrogens with one attached hydrogen (secondary N) is 1. The maximum Gasteiger partial charge on any atom is 0.384 e. The first-order valence-corrected chi connectivity index (χ1v) is 7.49. The molecular formula is C16H27NO2. The van der Waals surface area contributed by atoms with Crippen molar-refractivity contribution in [2.45, 2.75) is 64.9 Å². The van der Waals surface area contributed by atoms with Crippen molar-refractivity contribution in [1.29, 1.82) is 0 Å². The Kier molecular flexibility index (Phi) is 6.94. The van der Waals surface area contributed by atoms with Gasteiger partial charge < -0.3 is 10.1 Å². The molecular weight excluding hydrogens is 238 g/mol. The highest BCUT2D eigenvalue weighted by Gasteiger charge is 2.33. The number of piperidine rings is 1. The van der Waals surface area contributed by atoms with Gasteiger partial charge in [0.1, 0.15) is 5.60 Å². The first-order chi connectivity index (χ1) is 9.06. The van der Waals surface area contributed by atoms with Gasteiger partial charge >= 0.3 is 5.97 Å². The molecule has 1 aliphatic heterocycles. The van der Waals surface area contributed by atoms with E-state index in [0.29, 0.717) is 5.92 Å². The molecule has 1 N–H and O–H groups in total. The summed E-state index contributed by atoms with van der Waals surface area (Å²) >= 11 is 0. The molecule has 0 amide bonds. The average Bonchev–Trinajstić information content (AvgIpc) is 2.39. The van der Waals surface area contributed by atoms with Gasteiger partial charge in [0.05, 0.1) is 0 Å². The quantitative estimate of drug-likeness (QED) is 0.359.